The Hall–Kier alpha value is -3.92. The van der Waals surface area contributed by atoms with E-state index in [9.17, 15) is 20.4 Å². The second kappa shape index (κ2) is 10.00. The number of hydrogen-bond acceptors (Lipinski definition) is 4. The van der Waals surface area contributed by atoms with E-state index in [2.05, 4.69) is 60.6 Å². The zero-order chi connectivity index (χ0) is 28.8. The molecule has 4 nitrogen and oxygen atoms in total. The molecular weight excluding hydrogens is 484 g/mol. The summed E-state index contributed by atoms with van der Waals surface area (Å²) in [6, 6.07) is 25.9. The summed E-state index contributed by atoms with van der Waals surface area (Å²) >= 11 is 0. The standard InChI is InChI=1S/C35H40O4/c1-33(2,3)32(28-20-24(12-18-30(28)38)34(4,5)22-8-14-26(36)15-9-22)29-21-25(13-19-31(29)39)35(6,7)23-10-16-27(37)17-11-23/h8-21,32,36-39H,1-7H3. The lowest BCUT2D eigenvalue weighted by Crippen LogP contribution is -2.24. The highest BCUT2D eigenvalue weighted by molar-refractivity contribution is 5.54. The van der Waals surface area contributed by atoms with Gasteiger partial charge in [-0.05, 0) is 64.1 Å². The van der Waals surface area contributed by atoms with Crippen LogP contribution in [-0.2, 0) is 10.8 Å². The van der Waals surface area contributed by atoms with Gasteiger partial charge in [0, 0.05) is 27.9 Å². The van der Waals surface area contributed by atoms with Gasteiger partial charge in [0.1, 0.15) is 23.0 Å². The lowest BCUT2D eigenvalue weighted by atomic mass is 9.69. The van der Waals surface area contributed by atoms with Crippen molar-refractivity contribution in [1.82, 2.24) is 0 Å². The molecule has 204 valence electrons. The first-order chi connectivity index (χ1) is 18.1. The molecule has 0 amide bonds. The summed E-state index contributed by atoms with van der Waals surface area (Å²) in [5.41, 5.74) is 4.54. The number of phenolic OH excluding ortho intramolecular Hbond substituents is 4. The van der Waals surface area contributed by atoms with Gasteiger partial charge in [-0.25, -0.2) is 0 Å². The van der Waals surface area contributed by atoms with Gasteiger partial charge in [0.25, 0.3) is 0 Å². The summed E-state index contributed by atoms with van der Waals surface area (Å²) in [5, 5.41) is 41.9. The fraction of sp³-hybridized carbons (Fsp3) is 0.314. The van der Waals surface area contributed by atoms with Gasteiger partial charge in [0.15, 0.2) is 0 Å². The van der Waals surface area contributed by atoms with Gasteiger partial charge in [0.05, 0.1) is 0 Å². The smallest absolute Gasteiger partial charge is 0.119 e. The molecule has 4 heteroatoms. The molecule has 0 aliphatic carbocycles. The predicted octanol–water partition coefficient (Wildman–Crippen LogP) is 8.34. The highest BCUT2D eigenvalue weighted by atomic mass is 16.3. The molecule has 0 radical (unpaired) electrons. The van der Waals surface area contributed by atoms with Gasteiger partial charge in [-0.15, -0.1) is 0 Å². The van der Waals surface area contributed by atoms with E-state index in [1.165, 1.54) is 0 Å². The molecule has 0 spiro atoms. The molecule has 0 bridgehead atoms. The fourth-order valence-corrected chi connectivity index (χ4v) is 5.54. The molecule has 0 saturated heterocycles. The van der Waals surface area contributed by atoms with Crippen LogP contribution in [0.15, 0.2) is 84.9 Å². The number of hydrogen-bond donors (Lipinski definition) is 4. The monoisotopic (exact) mass is 524 g/mol. The average Bonchev–Trinajstić information content (AvgIpc) is 2.86. The Morgan fingerprint density at radius 2 is 0.744 bits per heavy atom. The number of benzene rings is 4. The molecular formula is C35H40O4. The Labute approximate surface area is 232 Å². The van der Waals surface area contributed by atoms with Crippen molar-refractivity contribution in [3.63, 3.8) is 0 Å². The Balaban J connectivity index is 1.86. The first-order valence-electron chi connectivity index (χ1n) is 13.4. The summed E-state index contributed by atoms with van der Waals surface area (Å²) in [7, 11) is 0. The zero-order valence-corrected chi connectivity index (χ0v) is 23.9. The van der Waals surface area contributed by atoms with Crippen LogP contribution in [0.3, 0.4) is 0 Å². The van der Waals surface area contributed by atoms with Crippen LogP contribution in [0.5, 0.6) is 23.0 Å². The molecule has 0 aromatic heterocycles. The largest absolute Gasteiger partial charge is 0.508 e. The molecule has 0 saturated carbocycles. The molecule has 0 unspecified atom stereocenters. The van der Waals surface area contributed by atoms with E-state index >= 15 is 0 Å². The van der Waals surface area contributed by atoms with Crippen LogP contribution in [0.2, 0.25) is 0 Å². The summed E-state index contributed by atoms with van der Waals surface area (Å²) < 4.78 is 0. The van der Waals surface area contributed by atoms with Gasteiger partial charge < -0.3 is 20.4 Å². The van der Waals surface area contributed by atoms with Crippen molar-refractivity contribution in [1.29, 1.82) is 0 Å². The van der Waals surface area contributed by atoms with E-state index in [0.717, 1.165) is 33.4 Å². The summed E-state index contributed by atoms with van der Waals surface area (Å²) in [6.45, 7) is 14.9. The number of phenols is 4. The van der Waals surface area contributed by atoms with Crippen molar-refractivity contribution >= 4 is 0 Å². The first kappa shape index (κ1) is 28.1. The highest BCUT2D eigenvalue weighted by Gasteiger charge is 2.35. The van der Waals surface area contributed by atoms with Crippen molar-refractivity contribution in [2.24, 2.45) is 5.41 Å². The fourth-order valence-electron chi connectivity index (χ4n) is 5.54. The second-order valence-electron chi connectivity index (χ2n) is 12.7. The van der Waals surface area contributed by atoms with E-state index in [-0.39, 0.29) is 45.2 Å². The topological polar surface area (TPSA) is 80.9 Å². The van der Waals surface area contributed by atoms with Crippen molar-refractivity contribution in [2.45, 2.75) is 65.2 Å². The van der Waals surface area contributed by atoms with Crippen LogP contribution >= 0.6 is 0 Å². The van der Waals surface area contributed by atoms with Crippen molar-refractivity contribution in [3.8, 4) is 23.0 Å². The summed E-state index contributed by atoms with van der Waals surface area (Å²) in [4.78, 5) is 0. The van der Waals surface area contributed by atoms with E-state index in [1.807, 2.05) is 36.4 Å². The number of rotatable bonds is 6. The van der Waals surface area contributed by atoms with Crippen molar-refractivity contribution in [3.05, 3.63) is 118 Å². The third-order valence-corrected chi connectivity index (χ3v) is 8.16. The van der Waals surface area contributed by atoms with Crippen molar-refractivity contribution in [2.75, 3.05) is 0 Å². The normalized spacial score (nSPS) is 12.6. The lowest BCUT2D eigenvalue weighted by Gasteiger charge is -2.35. The minimum absolute atomic E-state index is 0.183. The van der Waals surface area contributed by atoms with E-state index in [4.69, 9.17) is 0 Å². The summed E-state index contributed by atoms with van der Waals surface area (Å²) in [6.07, 6.45) is 0. The van der Waals surface area contributed by atoms with E-state index < -0.39 is 0 Å². The quantitative estimate of drug-likeness (QED) is 0.204. The Morgan fingerprint density at radius 1 is 0.436 bits per heavy atom. The van der Waals surface area contributed by atoms with Crippen molar-refractivity contribution < 1.29 is 20.4 Å². The molecule has 4 N–H and O–H groups in total. The predicted molar refractivity (Wildman–Crippen MR) is 158 cm³/mol. The Bertz CT molecular complexity index is 1350. The van der Waals surface area contributed by atoms with Crippen LogP contribution in [0.1, 0.15) is 87.8 Å². The zero-order valence-electron chi connectivity index (χ0n) is 23.9. The van der Waals surface area contributed by atoms with Crippen LogP contribution in [0.4, 0.5) is 0 Å². The third-order valence-electron chi connectivity index (χ3n) is 8.16. The van der Waals surface area contributed by atoms with Gasteiger partial charge in [-0.1, -0.05) is 97.0 Å². The second-order valence-corrected chi connectivity index (χ2v) is 12.7. The Kier molecular flexibility index (Phi) is 7.20. The van der Waals surface area contributed by atoms with E-state index in [1.54, 1.807) is 36.4 Å². The maximum absolute atomic E-state index is 11.2. The molecule has 39 heavy (non-hydrogen) atoms. The maximum atomic E-state index is 11.2. The van der Waals surface area contributed by atoms with Crippen LogP contribution in [-0.4, -0.2) is 20.4 Å². The lowest BCUT2D eigenvalue weighted by molar-refractivity contribution is 0.337. The highest BCUT2D eigenvalue weighted by Crippen LogP contribution is 2.49. The molecule has 0 atom stereocenters. The van der Waals surface area contributed by atoms with Gasteiger partial charge >= 0.3 is 0 Å². The molecule has 4 aromatic rings. The van der Waals surface area contributed by atoms with Crippen LogP contribution in [0, 0.1) is 5.41 Å². The van der Waals surface area contributed by atoms with Gasteiger partial charge in [0.2, 0.25) is 0 Å². The minimum atomic E-state index is -0.386. The average molecular weight is 525 g/mol. The van der Waals surface area contributed by atoms with E-state index in [0.29, 0.717) is 0 Å². The molecule has 0 aliphatic heterocycles. The molecule has 0 fully saturated rings. The summed E-state index contributed by atoms with van der Waals surface area (Å²) in [5.74, 6) is 0.507. The minimum Gasteiger partial charge on any atom is -0.508 e. The molecule has 0 heterocycles. The maximum Gasteiger partial charge on any atom is 0.119 e. The first-order valence-corrected chi connectivity index (χ1v) is 13.4. The molecule has 4 rings (SSSR count). The SMILES string of the molecule is CC(C)(c1ccc(O)cc1)c1ccc(O)c(C(c2cc(C(C)(C)c3ccc(O)cc3)ccc2O)C(C)(C)C)c1. The number of aromatic hydroxyl groups is 4. The van der Waals surface area contributed by atoms with Gasteiger partial charge in [-0.3, -0.25) is 0 Å². The molecule has 4 aromatic carbocycles. The van der Waals surface area contributed by atoms with Crippen LogP contribution in [0.25, 0.3) is 0 Å². The van der Waals surface area contributed by atoms with Crippen LogP contribution < -0.4 is 0 Å². The van der Waals surface area contributed by atoms with Gasteiger partial charge in [-0.2, -0.15) is 0 Å². The Morgan fingerprint density at radius 3 is 1.05 bits per heavy atom. The molecule has 0 aliphatic rings. The third kappa shape index (κ3) is 5.47.